The van der Waals surface area contributed by atoms with Crippen molar-refractivity contribution in [2.45, 2.75) is 19.3 Å². The van der Waals surface area contributed by atoms with E-state index in [0.29, 0.717) is 0 Å². The average Bonchev–Trinajstić information content (AvgIpc) is 3.32. The Bertz CT molecular complexity index is 2390. The molecule has 0 radical (unpaired) electrons. The lowest BCUT2D eigenvalue weighted by Gasteiger charge is -2.22. The Labute approximate surface area is 263 Å². The molecule has 0 saturated carbocycles. The lowest BCUT2D eigenvalue weighted by Crippen LogP contribution is -2.14. The summed E-state index contributed by atoms with van der Waals surface area (Å²) < 4.78 is 0. The van der Waals surface area contributed by atoms with Crippen LogP contribution in [0, 0.1) is 0 Å². The summed E-state index contributed by atoms with van der Waals surface area (Å²) in [5.74, 6) is 0. The molecule has 0 amide bonds. The van der Waals surface area contributed by atoms with Gasteiger partial charge in [-0.1, -0.05) is 141 Å². The van der Waals surface area contributed by atoms with Gasteiger partial charge in [0.1, 0.15) is 0 Å². The maximum Gasteiger partial charge on any atom is 0.0792 e. The molecule has 0 saturated heterocycles. The van der Waals surface area contributed by atoms with E-state index in [0.717, 1.165) is 5.52 Å². The van der Waals surface area contributed by atoms with Gasteiger partial charge in [0.25, 0.3) is 0 Å². The van der Waals surface area contributed by atoms with Gasteiger partial charge in [0.05, 0.1) is 5.52 Å². The van der Waals surface area contributed by atoms with Crippen molar-refractivity contribution in [2.75, 3.05) is 0 Å². The topological polar surface area (TPSA) is 12.9 Å². The molecule has 0 unspecified atom stereocenters. The standard InChI is InChI=1S/C44H31N/c1-44(2)39-16-8-7-12-34(39)35-24-23-32(27-40(35)44)29-17-20-30(21-18-29)41-36-13-5-6-14-37(36)42(43-38(41)15-9-25-45-43)33-22-19-28-10-3-4-11-31(28)26-33/h3-27H,1-2H3. The predicted octanol–water partition coefficient (Wildman–Crippen LogP) is 11.8. The summed E-state index contributed by atoms with van der Waals surface area (Å²) in [4.78, 5) is 5.00. The minimum atomic E-state index is -0.0144. The maximum atomic E-state index is 5.00. The Morgan fingerprint density at radius 2 is 1.04 bits per heavy atom. The van der Waals surface area contributed by atoms with E-state index in [1.54, 1.807) is 0 Å². The first-order valence-electron chi connectivity index (χ1n) is 15.7. The van der Waals surface area contributed by atoms with Crippen LogP contribution in [0.2, 0.25) is 0 Å². The van der Waals surface area contributed by atoms with Crippen LogP contribution in [0.3, 0.4) is 0 Å². The van der Waals surface area contributed by atoms with Gasteiger partial charge in [0, 0.05) is 22.6 Å². The van der Waals surface area contributed by atoms with Gasteiger partial charge in [0.2, 0.25) is 0 Å². The third kappa shape index (κ3) is 3.90. The fourth-order valence-electron chi connectivity index (χ4n) is 7.66. The van der Waals surface area contributed by atoms with Crippen LogP contribution < -0.4 is 0 Å². The highest BCUT2D eigenvalue weighted by atomic mass is 14.7. The Balaban J connectivity index is 1.19. The van der Waals surface area contributed by atoms with E-state index in [9.17, 15) is 0 Å². The number of fused-ring (bicyclic) bond motifs is 6. The summed E-state index contributed by atoms with van der Waals surface area (Å²) in [6.07, 6.45) is 1.92. The van der Waals surface area contributed by atoms with Gasteiger partial charge >= 0.3 is 0 Å². The normalized spacial score (nSPS) is 13.3. The van der Waals surface area contributed by atoms with Crippen LogP contribution in [0.4, 0.5) is 0 Å². The summed E-state index contributed by atoms with van der Waals surface area (Å²) in [6, 6.07) is 53.4. The third-order valence-corrected chi connectivity index (χ3v) is 9.91. The number of pyridine rings is 1. The van der Waals surface area contributed by atoms with Crippen molar-refractivity contribution >= 4 is 32.4 Å². The molecule has 7 aromatic carbocycles. The second-order valence-electron chi connectivity index (χ2n) is 12.8. The van der Waals surface area contributed by atoms with Crippen LogP contribution in [-0.2, 0) is 5.41 Å². The van der Waals surface area contributed by atoms with Gasteiger partial charge in [-0.2, -0.15) is 0 Å². The molecule has 1 heterocycles. The van der Waals surface area contributed by atoms with Crippen molar-refractivity contribution in [1.82, 2.24) is 4.98 Å². The number of hydrogen-bond acceptors (Lipinski definition) is 1. The molecule has 0 bridgehead atoms. The van der Waals surface area contributed by atoms with Crippen molar-refractivity contribution < 1.29 is 0 Å². The van der Waals surface area contributed by atoms with E-state index in [1.807, 2.05) is 6.20 Å². The fraction of sp³-hybridized carbons (Fsp3) is 0.0682. The van der Waals surface area contributed by atoms with E-state index >= 15 is 0 Å². The van der Waals surface area contributed by atoms with Crippen LogP contribution in [0.15, 0.2) is 152 Å². The third-order valence-electron chi connectivity index (χ3n) is 9.91. The van der Waals surface area contributed by atoms with Crippen LogP contribution in [0.1, 0.15) is 25.0 Å². The molecule has 0 atom stereocenters. The molecule has 45 heavy (non-hydrogen) atoms. The molecule has 0 fully saturated rings. The van der Waals surface area contributed by atoms with Crippen molar-refractivity contribution in [3.8, 4) is 44.5 Å². The lowest BCUT2D eigenvalue weighted by molar-refractivity contribution is 0.660. The first-order valence-corrected chi connectivity index (χ1v) is 15.7. The molecule has 1 heteroatoms. The molecule has 1 nitrogen and oxygen atoms in total. The quantitative estimate of drug-likeness (QED) is 0.192. The van der Waals surface area contributed by atoms with Gasteiger partial charge < -0.3 is 0 Å². The molecular formula is C44H31N. The van der Waals surface area contributed by atoms with E-state index in [-0.39, 0.29) is 5.41 Å². The summed E-state index contributed by atoms with van der Waals surface area (Å²) in [5, 5.41) is 6.12. The minimum Gasteiger partial charge on any atom is -0.256 e. The van der Waals surface area contributed by atoms with E-state index in [2.05, 4.69) is 159 Å². The average molecular weight is 574 g/mol. The summed E-state index contributed by atoms with van der Waals surface area (Å²) in [5.41, 5.74) is 13.8. The molecule has 0 aliphatic heterocycles. The number of benzene rings is 7. The zero-order valence-electron chi connectivity index (χ0n) is 25.4. The maximum absolute atomic E-state index is 5.00. The second kappa shape index (κ2) is 9.74. The van der Waals surface area contributed by atoms with E-state index in [4.69, 9.17) is 4.98 Å². The van der Waals surface area contributed by atoms with Crippen LogP contribution in [0.25, 0.3) is 77.0 Å². The molecule has 0 spiro atoms. The highest BCUT2D eigenvalue weighted by Crippen LogP contribution is 2.50. The molecule has 9 rings (SSSR count). The second-order valence-corrected chi connectivity index (χ2v) is 12.8. The molecule has 1 aromatic heterocycles. The zero-order valence-corrected chi connectivity index (χ0v) is 25.4. The lowest BCUT2D eigenvalue weighted by atomic mass is 9.81. The fourth-order valence-corrected chi connectivity index (χ4v) is 7.66. The Hall–Kier alpha value is -5.53. The molecule has 8 aromatic rings. The van der Waals surface area contributed by atoms with Crippen molar-refractivity contribution in [3.05, 3.63) is 163 Å². The Morgan fingerprint density at radius 3 is 1.89 bits per heavy atom. The number of nitrogens with zero attached hydrogens (tertiary/aromatic N) is 1. The molecule has 212 valence electrons. The number of aromatic nitrogens is 1. The van der Waals surface area contributed by atoms with Crippen LogP contribution in [0.5, 0.6) is 0 Å². The van der Waals surface area contributed by atoms with Gasteiger partial charge in [-0.15, -0.1) is 0 Å². The van der Waals surface area contributed by atoms with E-state index < -0.39 is 0 Å². The van der Waals surface area contributed by atoms with Gasteiger partial charge in [-0.25, -0.2) is 0 Å². The summed E-state index contributed by atoms with van der Waals surface area (Å²) in [7, 11) is 0. The Kier molecular flexibility index (Phi) is 5.61. The predicted molar refractivity (Wildman–Crippen MR) is 191 cm³/mol. The largest absolute Gasteiger partial charge is 0.256 e. The molecule has 1 aliphatic carbocycles. The monoisotopic (exact) mass is 573 g/mol. The van der Waals surface area contributed by atoms with Gasteiger partial charge in [0.15, 0.2) is 0 Å². The molecule has 1 aliphatic rings. The SMILES string of the molecule is CC1(C)c2ccccc2-c2ccc(-c3ccc(-c4c5ccccc5c(-c5ccc6ccccc6c5)c5ncccc45)cc3)cc21. The zero-order chi connectivity index (χ0) is 30.1. The first kappa shape index (κ1) is 25.9. The number of hydrogen-bond donors (Lipinski definition) is 0. The summed E-state index contributed by atoms with van der Waals surface area (Å²) in [6.45, 7) is 4.69. The highest BCUT2D eigenvalue weighted by Gasteiger charge is 2.35. The molecule has 0 N–H and O–H groups in total. The summed E-state index contributed by atoms with van der Waals surface area (Å²) >= 11 is 0. The highest BCUT2D eigenvalue weighted by molar-refractivity contribution is 6.20. The van der Waals surface area contributed by atoms with Crippen molar-refractivity contribution in [3.63, 3.8) is 0 Å². The van der Waals surface area contributed by atoms with Crippen molar-refractivity contribution in [2.24, 2.45) is 0 Å². The van der Waals surface area contributed by atoms with Gasteiger partial charge in [-0.3, -0.25) is 4.98 Å². The van der Waals surface area contributed by atoms with E-state index in [1.165, 1.54) is 82.6 Å². The van der Waals surface area contributed by atoms with Crippen molar-refractivity contribution in [1.29, 1.82) is 0 Å². The van der Waals surface area contributed by atoms with Gasteiger partial charge in [-0.05, 0) is 89.8 Å². The smallest absolute Gasteiger partial charge is 0.0792 e. The molecular weight excluding hydrogens is 542 g/mol. The van der Waals surface area contributed by atoms with Crippen LogP contribution in [-0.4, -0.2) is 4.98 Å². The first-order chi connectivity index (χ1) is 22.1. The number of rotatable bonds is 3. The minimum absolute atomic E-state index is 0.0144. The Morgan fingerprint density at radius 1 is 0.422 bits per heavy atom. The van der Waals surface area contributed by atoms with Crippen LogP contribution >= 0.6 is 0 Å².